The Morgan fingerprint density at radius 1 is 1.08 bits per heavy atom. The van der Waals surface area contributed by atoms with Crippen LogP contribution in [-0.4, -0.2) is 10.9 Å². The van der Waals surface area contributed by atoms with Crippen molar-refractivity contribution < 1.29 is 4.79 Å². The molecule has 0 radical (unpaired) electrons. The number of amides is 1. The van der Waals surface area contributed by atoms with Crippen LogP contribution in [0.1, 0.15) is 40.8 Å². The van der Waals surface area contributed by atoms with Crippen LogP contribution in [0.4, 0.5) is 0 Å². The molecule has 0 bridgehead atoms. The first-order chi connectivity index (χ1) is 11.6. The molecule has 4 heteroatoms. The van der Waals surface area contributed by atoms with Gasteiger partial charge in [0.25, 0.3) is 5.91 Å². The van der Waals surface area contributed by atoms with Gasteiger partial charge < -0.3 is 5.32 Å². The highest BCUT2D eigenvalue weighted by Crippen LogP contribution is 2.23. The van der Waals surface area contributed by atoms with Crippen molar-refractivity contribution in [3.05, 3.63) is 76.2 Å². The Bertz CT molecular complexity index is 824. The summed E-state index contributed by atoms with van der Waals surface area (Å²) in [5.41, 5.74) is 3.58. The van der Waals surface area contributed by atoms with Gasteiger partial charge in [-0.3, -0.25) is 4.79 Å². The van der Waals surface area contributed by atoms with Gasteiger partial charge in [-0.25, -0.2) is 4.98 Å². The Morgan fingerprint density at radius 2 is 1.79 bits per heavy atom. The zero-order valence-corrected chi connectivity index (χ0v) is 14.6. The first kappa shape index (κ1) is 16.4. The third kappa shape index (κ3) is 3.71. The summed E-state index contributed by atoms with van der Waals surface area (Å²) in [5, 5.41) is 6.10. The number of aromatic nitrogens is 1. The van der Waals surface area contributed by atoms with Crippen molar-refractivity contribution in [2.24, 2.45) is 0 Å². The second-order valence-corrected chi connectivity index (χ2v) is 6.82. The predicted molar refractivity (Wildman–Crippen MR) is 99.3 cm³/mol. The summed E-state index contributed by atoms with van der Waals surface area (Å²) >= 11 is 1.64. The molecule has 1 aromatic heterocycles. The molecule has 122 valence electrons. The van der Waals surface area contributed by atoms with E-state index in [2.05, 4.69) is 24.1 Å². The van der Waals surface area contributed by atoms with Gasteiger partial charge in [0.15, 0.2) is 0 Å². The number of nitrogens with zero attached hydrogens (tertiary/aromatic N) is 1. The van der Waals surface area contributed by atoms with Crippen molar-refractivity contribution >= 4 is 17.2 Å². The van der Waals surface area contributed by atoms with Crippen LogP contribution in [0.3, 0.4) is 0 Å². The van der Waals surface area contributed by atoms with E-state index in [1.165, 1.54) is 0 Å². The Balaban J connectivity index is 1.76. The van der Waals surface area contributed by atoms with E-state index >= 15 is 0 Å². The minimum atomic E-state index is -0.0754. The van der Waals surface area contributed by atoms with Crippen LogP contribution >= 0.6 is 11.3 Å². The average Bonchev–Trinajstić information content (AvgIpc) is 3.10. The summed E-state index contributed by atoms with van der Waals surface area (Å²) in [6.45, 7) is 4.69. The highest BCUT2D eigenvalue weighted by molar-refractivity contribution is 7.09. The van der Waals surface area contributed by atoms with Crippen LogP contribution in [0.5, 0.6) is 0 Å². The highest BCUT2D eigenvalue weighted by Gasteiger charge is 2.13. The quantitative estimate of drug-likeness (QED) is 0.722. The first-order valence-electron chi connectivity index (χ1n) is 8.02. The maximum absolute atomic E-state index is 12.6. The van der Waals surface area contributed by atoms with E-state index in [-0.39, 0.29) is 5.91 Å². The minimum Gasteiger partial charge on any atom is -0.346 e. The molecular formula is C20H20N2OS. The smallest absolute Gasteiger partial charge is 0.252 e. The molecule has 1 N–H and O–H groups in total. The fourth-order valence-electron chi connectivity index (χ4n) is 2.49. The summed E-state index contributed by atoms with van der Waals surface area (Å²) < 4.78 is 0. The Labute approximate surface area is 146 Å². The van der Waals surface area contributed by atoms with E-state index in [4.69, 9.17) is 0 Å². The van der Waals surface area contributed by atoms with Gasteiger partial charge in [-0.1, -0.05) is 62.4 Å². The number of carbonyl (C=O) groups excluding carboxylic acids is 1. The zero-order valence-electron chi connectivity index (χ0n) is 13.8. The summed E-state index contributed by atoms with van der Waals surface area (Å²) in [6.07, 6.45) is 0. The SMILES string of the molecule is CC(C)c1nc(CNC(=O)c2ccccc2-c2ccccc2)cs1. The van der Waals surface area contributed by atoms with E-state index in [9.17, 15) is 4.79 Å². The van der Waals surface area contributed by atoms with Crippen molar-refractivity contribution in [3.8, 4) is 11.1 Å². The molecule has 24 heavy (non-hydrogen) atoms. The molecule has 0 atom stereocenters. The molecule has 0 saturated carbocycles. The van der Waals surface area contributed by atoms with E-state index in [1.54, 1.807) is 11.3 Å². The molecule has 0 unspecified atom stereocenters. The van der Waals surface area contributed by atoms with Crippen molar-refractivity contribution in [1.29, 1.82) is 0 Å². The molecule has 1 heterocycles. The lowest BCUT2D eigenvalue weighted by molar-refractivity contribution is 0.0951. The molecule has 3 rings (SSSR count). The van der Waals surface area contributed by atoms with Crippen LogP contribution in [0.25, 0.3) is 11.1 Å². The number of hydrogen-bond donors (Lipinski definition) is 1. The van der Waals surface area contributed by atoms with Crippen LogP contribution in [0.15, 0.2) is 60.0 Å². The van der Waals surface area contributed by atoms with Gasteiger partial charge in [-0.2, -0.15) is 0 Å². The van der Waals surface area contributed by atoms with E-state index in [0.29, 0.717) is 18.0 Å². The van der Waals surface area contributed by atoms with E-state index < -0.39 is 0 Å². The van der Waals surface area contributed by atoms with Gasteiger partial charge >= 0.3 is 0 Å². The van der Waals surface area contributed by atoms with Crippen LogP contribution < -0.4 is 5.32 Å². The van der Waals surface area contributed by atoms with Gasteiger partial charge in [0.05, 0.1) is 17.2 Å². The van der Waals surface area contributed by atoms with Crippen LogP contribution in [0.2, 0.25) is 0 Å². The molecule has 3 nitrogen and oxygen atoms in total. The summed E-state index contributed by atoms with van der Waals surface area (Å²) in [4.78, 5) is 17.2. The third-order valence-corrected chi connectivity index (χ3v) is 4.94. The summed E-state index contributed by atoms with van der Waals surface area (Å²) in [6, 6.07) is 17.6. The molecule has 3 aromatic rings. The highest BCUT2D eigenvalue weighted by atomic mass is 32.1. The van der Waals surface area contributed by atoms with Gasteiger partial charge in [0.1, 0.15) is 0 Å². The van der Waals surface area contributed by atoms with Gasteiger partial charge in [-0.15, -0.1) is 11.3 Å². The maximum Gasteiger partial charge on any atom is 0.252 e. The molecule has 0 aliphatic rings. The van der Waals surface area contributed by atoms with Crippen molar-refractivity contribution in [2.45, 2.75) is 26.3 Å². The van der Waals surface area contributed by atoms with Crippen molar-refractivity contribution in [2.75, 3.05) is 0 Å². The average molecular weight is 336 g/mol. The fraction of sp³-hybridized carbons (Fsp3) is 0.200. The number of rotatable bonds is 5. The standard InChI is InChI=1S/C20H20N2OS/c1-14(2)20-22-16(13-24-20)12-21-19(23)18-11-7-6-10-17(18)15-8-4-3-5-9-15/h3-11,13-14H,12H2,1-2H3,(H,21,23). The number of hydrogen-bond acceptors (Lipinski definition) is 3. The van der Waals surface area contributed by atoms with Crippen LogP contribution in [-0.2, 0) is 6.54 Å². The molecular weight excluding hydrogens is 316 g/mol. The lowest BCUT2D eigenvalue weighted by Gasteiger charge is -2.10. The molecule has 0 aliphatic carbocycles. The predicted octanol–water partition coefficient (Wildman–Crippen LogP) is 4.86. The number of thiazole rings is 1. The number of nitrogens with one attached hydrogen (secondary N) is 1. The number of benzene rings is 2. The normalized spacial score (nSPS) is 10.8. The summed E-state index contributed by atoms with van der Waals surface area (Å²) in [5.74, 6) is 0.340. The van der Waals surface area contributed by atoms with Gasteiger partial charge in [-0.05, 0) is 17.2 Å². The lowest BCUT2D eigenvalue weighted by atomic mass is 9.99. The monoisotopic (exact) mass is 336 g/mol. The molecule has 0 aliphatic heterocycles. The Kier molecular flexibility index (Phi) is 5.06. The maximum atomic E-state index is 12.6. The second kappa shape index (κ2) is 7.41. The molecule has 1 amide bonds. The molecule has 0 saturated heterocycles. The van der Waals surface area contributed by atoms with Crippen molar-refractivity contribution in [1.82, 2.24) is 10.3 Å². The Morgan fingerprint density at radius 3 is 2.50 bits per heavy atom. The number of carbonyl (C=O) groups is 1. The zero-order chi connectivity index (χ0) is 16.9. The van der Waals surface area contributed by atoms with E-state index in [1.807, 2.05) is 60.0 Å². The molecule has 0 fully saturated rings. The van der Waals surface area contributed by atoms with Gasteiger partial charge in [0, 0.05) is 16.9 Å². The fourth-order valence-corrected chi connectivity index (χ4v) is 3.32. The largest absolute Gasteiger partial charge is 0.346 e. The summed E-state index contributed by atoms with van der Waals surface area (Å²) in [7, 11) is 0. The lowest BCUT2D eigenvalue weighted by Crippen LogP contribution is -2.23. The van der Waals surface area contributed by atoms with Crippen LogP contribution in [0, 0.1) is 0 Å². The topological polar surface area (TPSA) is 42.0 Å². The minimum absolute atomic E-state index is 0.0754. The Hall–Kier alpha value is -2.46. The third-order valence-electron chi connectivity index (χ3n) is 3.75. The molecule has 0 spiro atoms. The first-order valence-corrected chi connectivity index (χ1v) is 8.90. The van der Waals surface area contributed by atoms with E-state index in [0.717, 1.165) is 21.8 Å². The molecule has 2 aromatic carbocycles. The van der Waals surface area contributed by atoms with Crippen molar-refractivity contribution in [3.63, 3.8) is 0 Å². The second-order valence-electron chi connectivity index (χ2n) is 5.93. The van der Waals surface area contributed by atoms with Gasteiger partial charge in [0.2, 0.25) is 0 Å².